The van der Waals surface area contributed by atoms with E-state index < -0.39 is 11.9 Å². The Bertz CT molecular complexity index is 823. The molecule has 0 aliphatic heterocycles. The summed E-state index contributed by atoms with van der Waals surface area (Å²) < 4.78 is 11.0. The summed E-state index contributed by atoms with van der Waals surface area (Å²) in [5, 5.41) is 0.450. The number of ketones is 1. The average molecular weight is 403 g/mol. The molecule has 2 aromatic rings. The summed E-state index contributed by atoms with van der Waals surface area (Å²) in [6.45, 7) is 8.79. The highest BCUT2D eigenvalue weighted by Crippen LogP contribution is 2.23. The lowest BCUT2D eigenvalue weighted by Crippen LogP contribution is -2.28. The normalized spacial score (nSPS) is 12.3. The third kappa shape index (κ3) is 6.68. The third-order valence-electron chi connectivity index (χ3n) is 4.01. The lowest BCUT2D eigenvalue weighted by molar-refractivity contribution is -0.146. The number of carbonyl (C=O) groups excluding carboxylic acids is 2. The predicted molar refractivity (Wildman–Crippen MR) is 111 cm³/mol. The number of rotatable bonds is 8. The van der Waals surface area contributed by atoms with Gasteiger partial charge in [-0.05, 0) is 48.6 Å². The Hall–Kier alpha value is -2.33. The molecular formula is C23H27ClO4. The van der Waals surface area contributed by atoms with Crippen LogP contribution in [0.4, 0.5) is 0 Å². The fourth-order valence-electron chi connectivity index (χ4n) is 2.67. The average Bonchev–Trinajstić information content (AvgIpc) is 2.64. The maximum atomic E-state index is 13.0. The second-order valence-electron chi connectivity index (χ2n) is 7.88. The lowest BCUT2D eigenvalue weighted by Gasteiger charge is -2.19. The Morgan fingerprint density at radius 1 is 1.07 bits per heavy atom. The number of esters is 1. The van der Waals surface area contributed by atoms with Gasteiger partial charge in [-0.15, -0.1) is 0 Å². The van der Waals surface area contributed by atoms with Crippen LogP contribution in [0.3, 0.4) is 0 Å². The van der Waals surface area contributed by atoms with E-state index in [2.05, 4.69) is 20.8 Å². The van der Waals surface area contributed by atoms with Gasteiger partial charge in [-0.1, -0.05) is 56.6 Å². The number of ether oxygens (including phenoxy) is 2. The molecule has 28 heavy (non-hydrogen) atoms. The molecule has 1 unspecified atom stereocenters. The number of benzene rings is 2. The SMILES string of the molecule is CCOC(=O)C(Cc1cccc(OCC(C)(C)C)c1)C(=O)c1cccc(Cl)c1. The minimum absolute atomic E-state index is 0.0337. The summed E-state index contributed by atoms with van der Waals surface area (Å²) in [6.07, 6.45) is 0.233. The maximum absolute atomic E-state index is 13.0. The molecule has 2 rings (SSSR count). The van der Waals surface area contributed by atoms with Crippen molar-refractivity contribution in [2.45, 2.75) is 34.1 Å². The van der Waals surface area contributed by atoms with Gasteiger partial charge in [0.15, 0.2) is 5.78 Å². The molecule has 0 saturated carbocycles. The summed E-state index contributed by atoms with van der Waals surface area (Å²) in [7, 11) is 0. The Morgan fingerprint density at radius 2 is 1.79 bits per heavy atom. The first kappa shape index (κ1) is 22.0. The van der Waals surface area contributed by atoms with Gasteiger partial charge in [-0.2, -0.15) is 0 Å². The van der Waals surface area contributed by atoms with E-state index in [0.29, 0.717) is 22.9 Å². The highest BCUT2D eigenvalue weighted by Gasteiger charge is 2.29. The van der Waals surface area contributed by atoms with E-state index in [1.54, 1.807) is 31.2 Å². The van der Waals surface area contributed by atoms with Crippen LogP contribution in [0.5, 0.6) is 5.75 Å². The minimum atomic E-state index is -0.934. The maximum Gasteiger partial charge on any atom is 0.317 e. The predicted octanol–water partition coefficient (Wildman–Crippen LogP) is 5.37. The zero-order chi connectivity index (χ0) is 20.7. The van der Waals surface area contributed by atoms with Crippen LogP contribution in [0.25, 0.3) is 0 Å². The van der Waals surface area contributed by atoms with E-state index in [4.69, 9.17) is 21.1 Å². The van der Waals surface area contributed by atoms with Crippen LogP contribution in [0.1, 0.15) is 43.6 Å². The fraction of sp³-hybridized carbons (Fsp3) is 0.391. The molecule has 0 heterocycles. The molecule has 0 aliphatic carbocycles. The minimum Gasteiger partial charge on any atom is -0.493 e. The van der Waals surface area contributed by atoms with Gasteiger partial charge in [0.1, 0.15) is 11.7 Å². The first-order valence-electron chi connectivity index (χ1n) is 9.38. The van der Waals surface area contributed by atoms with Gasteiger partial charge < -0.3 is 9.47 Å². The standard InChI is InChI=1S/C23H27ClO4/c1-5-27-22(26)20(21(25)17-9-7-10-18(24)14-17)13-16-8-6-11-19(12-16)28-15-23(2,3)4/h6-12,14,20H,5,13,15H2,1-4H3. The van der Waals surface area contributed by atoms with Crippen molar-refractivity contribution in [1.82, 2.24) is 0 Å². The first-order chi connectivity index (χ1) is 13.2. The molecule has 0 aromatic heterocycles. The molecule has 0 spiro atoms. The molecule has 0 aliphatic rings. The number of halogens is 1. The first-order valence-corrected chi connectivity index (χ1v) is 9.75. The summed E-state index contributed by atoms with van der Waals surface area (Å²) in [4.78, 5) is 25.5. The van der Waals surface area contributed by atoms with Crippen molar-refractivity contribution in [2.75, 3.05) is 13.2 Å². The molecule has 0 radical (unpaired) electrons. The van der Waals surface area contributed by atoms with Crippen LogP contribution < -0.4 is 4.74 Å². The Kier molecular flexibility index (Phi) is 7.64. The Balaban J connectivity index is 2.23. The van der Waals surface area contributed by atoms with Crippen molar-refractivity contribution in [3.05, 3.63) is 64.7 Å². The molecule has 0 N–H and O–H groups in total. The van der Waals surface area contributed by atoms with Crippen molar-refractivity contribution < 1.29 is 19.1 Å². The summed E-state index contributed by atoms with van der Waals surface area (Å²) in [6, 6.07) is 14.1. The van der Waals surface area contributed by atoms with E-state index in [0.717, 1.165) is 5.56 Å². The molecule has 150 valence electrons. The molecular weight excluding hydrogens is 376 g/mol. The molecule has 0 bridgehead atoms. The van der Waals surface area contributed by atoms with E-state index in [-0.39, 0.29) is 24.2 Å². The molecule has 4 nitrogen and oxygen atoms in total. The highest BCUT2D eigenvalue weighted by atomic mass is 35.5. The highest BCUT2D eigenvalue weighted by molar-refractivity contribution is 6.31. The van der Waals surface area contributed by atoms with Gasteiger partial charge in [-0.25, -0.2) is 0 Å². The summed E-state index contributed by atoms with van der Waals surface area (Å²) in [5.74, 6) is -1.06. The zero-order valence-electron chi connectivity index (χ0n) is 16.8. The zero-order valence-corrected chi connectivity index (χ0v) is 17.6. The smallest absolute Gasteiger partial charge is 0.317 e. The molecule has 2 aromatic carbocycles. The number of carbonyl (C=O) groups is 2. The van der Waals surface area contributed by atoms with Crippen molar-refractivity contribution in [2.24, 2.45) is 11.3 Å². The molecule has 0 saturated heterocycles. The van der Waals surface area contributed by atoms with Gasteiger partial charge >= 0.3 is 5.97 Å². The lowest BCUT2D eigenvalue weighted by atomic mass is 9.91. The fourth-order valence-corrected chi connectivity index (χ4v) is 2.86. The van der Waals surface area contributed by atoms with Gasteiger partial charge in [-0.3, -0.25) is 9.59 Å². The van der Waals surface area contributed by atoms with Crippen LogP contribution in [0.15, 0.2) is 48.5 Å². The molecule has 5 heteroatoms. The number of Topliss-reactive ketones (excluding diaryl/α,β-unsaturated/α-hetero) is 1. The van der Waals surface area contributed by atoms with Crippen molar-refractivity contribution in [1.29, 1.82) is 0 Å². The number of hydrogen-bond acceptors (Lipinski definition) is 4. The van der Waals surface area contributed by atoms with Gasteiger partial charge in [0, 0.05) is 10.6 Å². The molecule has 1 atom stereocenters. The van der Waals surface area contributed by atoms with Crippen molar-refractivity contribution >= 4 is 23.4 Å². The van der Waals surface area contributed by atoms with E-state index in [1.165, 1.54) is 0 Å². The van der Waals surface area contributed by atoms with Gasteiger partial charge in [0.05, 0.1) is 13.2 Å². The van der Waals surface area contributed by atoms with Crippen LogP contribution in [-0.4, -0.2) is 25.0 Å². The van der Waals surface area contributed by atoms with Gasteiger partial charge in [0.2, 0.25) is 0 Å². The van der Waals surface area contributed by atoms with E-state index in [9.17, 15) is 9.59 Å². The Morgan fingerprint density at radius 3 is 2.43 bits per heavy atom. The largest absolute Gasteiger partial charge is 0.493 e. The second-order valence-corrected chi connectivity index (χ2v) is 8.32. The summed E-state index contributed by atoms with van der Waals surface area (Å²) >= 11 is 6.00. The third-order valence-corrected chi connectivity index (χ3v) is 4.24. The van der Waals surface area contributed by atoms with Crippen LogP contribution in [-0.2, 0) is 16.0 Å². The van der Waals surface area contributed by atoms with E-state index in [1.807, 2.05) is 24.3 Å². The van der Waals surface area contributed by atoms with Crippen molar-refractivity contribution in [3.8, 4) is 5.75 Å². The monoisotopic (exact) mass is 402 g/mol. The molecule has 0 amide bonds. The summed E-state index contributed by atoms with van der Waals surface area (Å²) in [5.41, 5.74) is 1.26. The van der Waals surface area contributed by atoms with E-state index >= 15 is 0 Å². The molecule has 0 fully saturated rings. The van der Waals surface area contributed by atoms with Crippen LogP contribution in [0, 0.1) is 11.3 Å². The second kappa shape index (κ2) is 9.74. The topological polar surface area (TPSA) is 52.6 Å². The van der Waals surface area contributed by atoms with Crippen LogP contribution in [0.2, 0.25) is 5.02 Å². The van der Waals surface area contributed by atoms with Crippen molar-refractivity contribution in [3.63, 3.8) is 0 Å². The quantitative estimate of drug-likeness (QED) is 0.338. The van der Waals surface area contributed by atoms with Gasteiger partial charge in [0.25, 0.3) is 0 Å². The van der Waals surface area contributed by atoms with Crippen LogP contribution >= 0.6 is 11.6 Å². The Labute approximate surface area is 171 Å². The number of hydrogen-bond donors (Lipinski definition) is 0.